The van der Waals surface area contributed by atoms with Crippen molar-refractivity contribution in [1.29, 1.82) is 0 Å². The number of anilines is 1. The number of ether oxygens (including phenoxy) is 1. The van der Waals surface area contributed by atoms with Crippen LogP contribution >= 0.6 is 15.9 Å². The molecule has 3 aromatic rings. The molecule has 2 aromatic carbocycles. The third kappa shape index (κ3) is 6.08. The summed E-state index contributed by atoms with van der Waals surface area (Å²) in [4.78, 5) is 27.5. The van der Waals surface area contributed by atoms with Gasteiger partial charge in [0.25, 0.3) is 5.91 Å². The maximum Gasteiger partial charge on any atom is 0.410 e. The van der Waals surface area contributed by atoms with Crippen LogP contribution in [-0.2, 0) is 4.74 Å². The first kappa shape index (κ1) is 24.9. The minimum atomic E-state index is -0.567. The number of likely N-dealkylation sites (tertiary alicyclic amines) is 1. The summed E-state index contributed by atoms with van der Waals surface area (Å²) in [6.07, 6.45) is 2.43. The Labute approximate surface area is 212 Å². The maximum atomic E-state index is 14.0. The summed E-state index contributed by atoms with van der Waals surface area (Å²) < 4.78 is 22.1. The largest absolute Gasteiger partial charge is 0.444 e. The van der Waals surface area contributed by atoms with Gasteiger partial charge in [0.2, 0.25) is 0 Å². The van der Waals surface area contributed by atoms with Gasteiger partial charge < -0.3 is 15.0 Å². The van der Waals surface area contributed by atoms with Crippen LogP contribution in [0.15, 0.2) is 59.2 Å². The molecule has 184 valence electrons. The molecule has 0 saturated carbocycles. The number of rotatable bonds is 4. The van der Waals surface area contributed by atoms with E-state index in [0.29, 0.717) is 48.6 Å². The summed E-state index contributed by atoms with van der Waals surface area (Å²) in [7, 11) is 0. The summed E-state index contributed by atoms with van der Waals surface area (Å²) >= 11 is 3.39. The van der Waals surface area contributed by atoms with Crippen LogP contribution in [0.1, 0.15) is 55.6 Å². The molecule has 1 aromatic heterocycles. The van der Waals surface area contributed by atoms with Crippen LogP contribution in [0.2, 0.25) is 0 Å². The third-order valence-electron chi connectivity index (χ3n) is 5.74. The van der Waals surface area contributed by atoms with Gasteiger partial charge in [-0.05, 0) is 76.1 Å². The van der Waals surface area contributed by atoms with Gasteiger partial charge in [-0.2, -0.15) is 5.10 Å². The molecule has 1 aliphatic rings. The van der Waals surface area contributed by atoms with E-state index in [2.05, 4.69) is 26.3 Å². The molecule has 0 spiro atoms. The lowest BCUT2D eigenvalue weighted by Crippen LogP contribution is -2.41. The first-order chi connectivity index (χ1) is 16.6. The molecule has 0 radical (unpaired) electrons. The number of carbonyl (C=O) groups excluding carboxylic acids is 2. The van der Waals surface area contributed by atoms with E-state index in [1.165, 1.54) is 18.3 Å². The average Bonchev–Trinajstić information content (AvgIpc) is 3.25. The molecule has 0 bridgehead atoms. The number of carbonyl (C=O) groups is 2. The number of hydrogen-bond donors (Lipinski definition) is 1. The van der Waals surface area contributed by atoms with E-state index in [9.17, 15) is 14.0 Å². The summed E-state index contributed by atoms with van der Waals surface area (Å²) in [5, 5.41) is 7.38. The quantitative estimate of drug-likeness (QED) is 0.429. The van der Waals surface area contributed by atoms with Crippen LogP contribution in [0.3, 0.4) is 0 Å². The number of aromatic nitrogens is 2. The number of piperidine rings is 1. The molecule has 0 atom stereocenters. The molecule has 0 aliphatic carbocycles. The SMILES string of the molecule is CC(C)(C)OC(=O)N1CCC(c2c(C(=O)Nc3ccc(Br)cc3)cnn2-c2cccc(F)c2)CC1. The van der Waals surface area contributed by atoms with Gasteiger partial charge in [0, 0.05) is 29.2 Å². The van der Waals surface area contributed by atoms with E-state index >= 15 is 0 Å². The number of nitrogens with zero attached hydrogens (tertiary/aromatic N) is 3. The van der Waals surface area contributed by atoms with Gasteiger partial charge in [0.05, 0.1) is 23.1 Å². The van der Waals surface area contributed by atoms with Crippen LogP contribution < -0.4 is 5.32 Å². The molecule has 9 heteroatoms. The van der Waals surface area contributed by atoms with Gasteiger partial charge in [-0.1, -0.05) is 22.0 Å². The fourth-order valence-electron chi connectivity index (χ4n) is 4.13. The second-order valence-corrected chi connectivity index (χ2v) is 10.5. The van der Waals surface area contributed by atoms with E-state index in [1.807, 2.05) is 32.9 Å². The second kappa shape index (κ2) is 10.2. The lowest BCUT2D eigenvalue weighted by molar-refractivity contribution is 0.0203. The fraction of sp³-hybridized carbons (Fsp3) is 0.346. The van der Waals surface area contributed by atoms with Gasteiger partial charge in [0.15, 0.2) is 0 Å². The molecule has 35 heavy (non-hydrogen) atoms. The monoisotopic (exact) mass is 542 g/mol. The summed E-state index contributed by atoms with van der Waals surface area (Å²) in [6, 6.07) is 13.4. The van der Waals surface area contributed by atoms with Crippen LogP contribution in [0.4, 0.5) is 14.9 Å². The van der Waals surface area contributed by atoms with Crippen LogP contribution in [0.25, 0.3) is 5.69 Å². The van der Waals surface area contributed by atoms with Crippen LogP contribution in [0, 0.1) is 5.82 Å². The van der Waals surface area contributed by atoms with Crippen molar-refractivity contribution >= 4 is 33.6 Å². The lowest BCUT2D eigenvalue weighted by Gasteiger charge is -2.34. The molecule has 7 nitrogen and oxygen atoms in total. The standard InChI is InChI=1S/C26H28BrFN4O3/c1-26(2,3)35-25(34)31-13-11-17(12-14-31)23-22(24(33)30-20-9-7-18(27)8-10-20)16-29-32(23)21-6-4-5-19(28)15-21/h4-10,15-17H,11-14H2,1-3H3,(H,30,33). The number of benzene rings is 2. The zero-order valence-corrected chi connectivity index (χ0v) is 21.5. The Bertz CT molecular complexity index is 1210. The average molecular weight is 543 g/mol. The Morgan fingerprint density at radius 3 is 2.43 bits per heavy atom. The third-order valence-corrected chi connectivity index (χ3v) is 6.27. The molecule has 1 N–H and O–H groups in total. The van der Waals surface area contributed by atoms with Crippen molar-refractivity contribution in [2.75, 3.05) is 18.4 Å². The Morgan fingerprint density at radius 2 is 1.80 bits per heavy atom. The highest BCUT2D eigenvalue weighted by Crippen LogP contribution is 2.33. The van der Waals surface area contributed by atoms with E-state index in [-0.39, 0.29) is 23.7 Å². The van der Waals surface area contributed by atoms with Gasteiger partial charge in [-0.3, -0.25) is 4.79 Å². The van der Waals surface area contributed by atoms with E-state index in [1.54, 1.807) is 33.8 Å². The number of nitrogens with one attached hydrogen (secondary N) is 1. The molecule has 2 heterocycles. The smallest absolute Gasteiger partial charge is 0.410 e. The van der Waals surface area contributed by atoms with Crippen molar-refractivity contribution in [3.8, 4) is 5.69 Å². The van der Waals surface area contributed by atoms with Crippen LogP contribution in [-0.4, -0.2) is 45.4 Å². The molecule has 1 aliphatic heterocycles. The lowest BCUT2D eigenvalue weighted by atomic mass is 9.90. The minimum Gasteiger partial charge on any atom is -0.444 e. The minimum absolute atomic E-state index is 0.0508. The first-order valence-electron chi connectivity index (χ1n) is 11.5. The van der Waals surface area contributed by atoms with Crippen molar-refractivity contribution in [3.05, 3.63) is 76.3 Å². The van der Waals surface area contributed by atoms with Crippen molar-refractivity contribution in [1.82, 2.24) is 14.7 Å². The highest BCUT2D eigenvalue weighted by Gasteiger charge is 2.32. The zero-order chi connectivity index (χ0) is 25.2. The molecular formula is C26H28BrFN4O3. The number of hydrogen-bond acceptors (Lipinski definition) is 4. The highest BCUT2D eigenvalue weighted by atomic mass is 79.9. The van der Waals surface area contributed by atoms with Crippen molar-refractivity contribution < 1.29 is 18.7 Å². The Hall–Kier alpha value is -3.20. The van der Waals surface area contributed by atoms with Gasteiger partial charge in [-0.25, -0.2) is 13.9 Å². The molecule has 2 amide bonds. The number of amides is 2. The number of halogens is 2. The van der Waals surface area contributed by atoms with Crippen LogP contribution in [0.5, 0.6) is 0 Å². The fourth-order valence-corrected chi connectivity index (χ4v) is 4.40. The Kier molecular flexibility index (Phi) is 7.25. The summed E-state index contributed by atoms with van der Waals surface area (Å²) in [6.45, 7) is 6.49. The molecule has 1 fully saturated rings. The molecular weight excluding hydrogens is 515 g/mol. The second-order valence-electron chi connectivity index (χ2n) is 9.54. The van der Waals surface area contributed by atoms with Gasteiger partial charge in [0.1, 0.15) is 11.4 Å². The van der Waals surface area contributed by atoms with Crippen molar-refractivity contribution in [2.45, 2.75) is 45.1 Å². The topological polar surface area (TPSA) is 76.5 Å². The van der Waals surface area contributed by atoms with Crippen molar-refractivity contribution in [3.63, 3.8) is 0 Å². The predicted molar refractivity (Wildman–Crippen MR) is 135 cm³/mol. The highest BCUT2D eigenvalue weighted by molar-refractivity contribution is 9.10. The van der Waals surface area contributed by atoms with Gasteiger partial charge in [-0.15, -0.1) is 0 Å². The Morgan fingerprint density at radius 1 is 1.11 bits per heavy atom. The van der Waals surface area contributed by atoms with Crippen molar-refractivity contribution in [2.24, 2.45) is 0 Å². The molecule has 4 rings (SSSR count). The summed E-state index contributed by atoms with van der Waals surface area (Å²) in [5.74, 6) is -0.728. The van der Waals surface area contributed by atoms with E-state index in [0.717, 1.165) is 4.47 Å². The van der Waals surface area contributed by atoms with Gasteiger partial charge >= 0.3 is 6.09 Å². The predicted octanol–water partition coefficient (Wildman–Crippen LogP) is 6.14. The maximum absolute atomic E-state index is 14.0. The molecule has 1 saturated heterocycles. The normalized spacial score (nSPS) is 14.6. The Balaban J connectivity index is 1.61. The summed E-state index contributed by atoms with van der Waals surface area (Å²) in [5.41, 5.74) is 1.75. The zero-order valence-electron chi connectivity index (χ0n) is 19.9. The van der Waals surface area contributed by atoms with E-state index in [4.69, 9.17) is 4.74 Å². The molecule has 0 unspecified atom stereocenters. The first-order valence-corrected chi connectivity index (χ1v) is 12.3. The van der Waals surface area contributed by atoms with E-state index < -0.39 is 5.60 Å².